The number of aromatic nitrogens is 1. The molecule has 0 aliphatic carbocycles. The molecule has 2 amide bonds. The zero-order valence-corrected chi connectivity index (χ0v) is 13.0. The lowest BCUT2D eigenvalue weighted by Crippen LogP contribution is -2.37. The number of rotatable bonds is 5. The minimum Gasteiger partial charge on any atom is -0.454 e. The van der Waals surface area contributed by atoms with E-state index in [9.17, 15) is 4.79 Å². The topological polar surface area (TPSA) is 63.7 Å². The standard InChI is InChI=1S/C17H19N3O3/c1-20(9-6-13-4-7-18-8-5-13)17(21)19-11-14-2-3-15-16(10-14)23-12-22-15/h2-5,7-8,10H,6,9,11-12H2,1H3,(H,19,21). The zero-order valence-electron chi connectivity index (χ0n) is 13.0. The fourth-order valence-electron chi connectivity index (χ4n) is 2.31. The van der Waals surface area contributed by atoms with Crippen LogP contribution in [0.2, 0.25) is 0 Å². The summed E-state index contributed by atoms with van der Waals surface area (Å²) in [4.78, 5) is 17.8. The number of urea groups is 1. The van der Waals surface area contributed by atoms with Gasteiger partial charge in [0.05, 0.1) is 0 Å². The van der Waals surface area contributed by atoms with E-state index in [2.05, 4.69) is 10.3 Å². The van der Waals surface area contributed by atoms with Crippen LogP contribution >= 0.6 is 0 Å². The molecule has 0 bridgehead atoms. The Labute approximate surface area is 135 Å². The summed E-state index contributed by atoms with van der Waals surface area (Å²) in [6.45, 7) is 1.36. The van der Waals surface area contributed by atoms with Gasteiger partial charge < -0.3 is 19.7 Å². The summed E-state index contributed by atoms with van der Waals surface area (Å²) in [6.07, 6.45) is 4.32. The average molecular weight is 313 g/mol. The Morgan fingerprint density at radius 1 is 1.17 bits per heavy atom. The minimum atomic E-state index is -0.100. The molecule has 0 saturated carbocycles. The Hall–Kier alpha value is -2.76. The molecule has 1 N–H and O–H groups in total. The first kappa shape index (κ1) is 15.1. The molecule has 0 spiro atoms. The fraction of sp³-hybridized carbons (Fsp3) is 0.294. The van der Waals surface area contributed by atoms with E-state index >= 15 is 0 Å². The number of carbonyl (C=O) groups is 1. The van der Waals surface area contributed by atoms with Crippen LogP contribution in [0.5, 0.6) is 11.5 Å². The molecule has 0 fully saturated rings. The van der Waals surface area contributed by atoms with Crippen LogP contribution in [-0.2, 0) is 13.0 Å². The fourth-order valence-corrected chi connectivity index (χ4v) is 2.31. The van der Waals surface area contributed by atoms with Crippen LogP contribution in [-0.4, -0.2) is 36.3 Å². The number of hydrogen-bond donors (Lipinski definition) is 1. The molecular formula is C17H19N3O3. The normalized spacial score (nSPS) is 12.0. The van der Waals surface area contributed by atoms with Crippen LogP contribution in [0.1, 0.15) is 11.1 Å². The number of nitrogens with one attached hydrogen (secondary N) is 1. The molecule has 23 heavy (non-hydrogen) atoms. The Morgan fingerprint density at radius 3 is 2.78 bits per heavy atom. The number of pyridine rings is 1. The van der Waals surface area contributed by atoms with E-state index in [0.29, 0.717) is 13.1 Å². The number of benzene rings is 1. The van der Waals surface area contributed by atoms with Gasteiger partial charge in [-0.2, -0.15) is 0 Å². The van der Waals surface area contributed by atoms with Gasteiger partial charge in [-0.1, -0.05) is 6.07 Å². The molecule has 120 valence electrons. The Kier molecular flexibility index (Phi) is 4.61. The van der Waals surface area contributed by atoms with Gasteiger partial charge in [-0.05, 0) is 41.8 Å². The molecular weight excluding hydrogens is 294 g/mol. The lowest BCUT2D eigenvalue weighted by Gasteiger charge is -2.18. The number of amides is 2. The van der Waals surface area contributed by atoms with Crippen LogP contribution in [0.4, 0.5) is 4.79 Å². The van der Waals surface area contributed by atoms with Crippen molar-refractivity contribution < 1.29 is 14.3 Å². The molecule has 1 aliphatic heterocycles. The first-order valence-electron chi connectivity index (χ1n) is 7.49. The highest BCUT2D eigenvalue weighted by Crippen LogP contribution is 2.32. The van der Waals surface area contributed by atoms with E-state index < -0.39 is 0 Å². The van der Waals surface area contributed by atoms with Crippen LogP contribution in [0.3, 0.4) is 0 Å². The van der Waals surface area contributed by atoms with E-state index in [4.69, 9.17) is 9.47 Å². The second kappa shape index (κ2) is 7.00. The number of likely N-dealkylation sites (N-methyl/N-ethyl adjacent to an activating group) is 1. The minimum absolute atomic E-state index is 0.100. The van der Waals surface area contributed by atoms with Crippen LogP contribution in [0.15, 0.2) is 42.7 Å². The van der Waals surface area contributed by atoms with Gasteiger partial charge in [0.25, 0.3) is 0 Å². The van der Waals surface area contributed by atoms with E-state index in [0.717, 1.165) is 29.0 Å². The number of ether oxygens (including phenoxy) is 2. The van der Waals surface area contributed by atoms with Gasteiger partial charge in [-0.15, -0.1) is 0 Å². The van der Waals surface area contributed by atoms with E-state index in [-0.39, 0.29) is 12.8 Å². The number of hydrogen-bond acceptors (Lipinski definition) is 4. The van der Waals surface area contributed by atoms with E-state index in [1.165, 1.54) is 0 Å². The third kappa shape index (κ3) is 3.91. The van der Waals surface area contributed by atoms with Gasteiger partial charge in [0.2, 0.25) is 6.79 Å². The predicted octanol–water partition coefficient (Wildman–Crippen LogP) is 2.19. The highest BCUT2D eigenvalue weighted by molar-refractivity contribution is 5.73. The third-order valence-corrected chi connectivity index (χ3v) is 3.71. The summed E-state index contributed by atoms with van der Waals surface area (Å²) in [5.41, 5.74) is 2.14. The molecule has 0 atom stereocenters. The van der Waals surface area contributed by atoms with Crippen molar-refractivity contribution in [3.05, 3.63) is 53.9 Å². The van der Waals surface area contributed by atoms with Crippen molar-refractivity contribution in [1.82, 2.24) is 15.2 Å². The van der Waals surface area contributed by atoms with Crippen molar-refractivity contribution in [2.75, 3.05) is 20.4 Å². The lowest BCUT2D eigenvalue weighted by atomic mass is 10.2. The van der Waals surface area contributed by atoms with Gasteiger partial charge in [0.15, 0.2) is 11.5 Å². The molecule has 0 unspecified atom stereocenters. The van der Waals surface area contributed by atoms with Gasteiger partial charge in [0.1, 0.15) is 0 Å². The summed E-state index contributed by atoms with van der Waals surface area (Å²) < 4.78 is 10.6. The predicted molar refractivity (Wildman–Crippen MR) is 85.4 cm³/mol. The van der Waals surface area contributed by atoms with Crippen molar-refractivity contribution in [2.45, 2.75) is 13.0 Å². The molecule has 6 nitrogen and oxygen atoms in total. The summed E-state index contributed by atoms with van der Waals surface area (Å²) in [7, 11) is 1.79. The molecule has 3 rings (SSSR count). The maximum atomic E-state index is 12.1. The third-order valence-electron chi connectivity index (χ3n) is 3.71. The molecule has 0 radical (unpaired) electrons. The summed E-state index contributed by atoms with van der Waals surface area (Å²) in [6, 6.07) is 9.48. The van der Waals surface area contributed by atoms with Crippen molar-refractivity contribution >= 4 is 6.03 Å². The molecule has 1 aromatic heterocycles. The first-order valence-corrected chi connectivity index (χ1v) is 7.49. The van der Waals surface area contributed by atoms with E-state index in [1.807, 2.05) is 30.3 Å². The van der Waals surface area contributed by atoms with Crippen molar-refractivity contribution in [3.63, 3.8) is 0 Å². The summed E-state index contributed by atoms with van der Waals surface area (Å²) >= 11 is 0. The molecule has 2 heterocycles. The molecule has 2 aromatic rings. The Morgan fingerprint density at radius 2 is 1.96 bits per heavy atom. The van der Waals surface area contributed by atoms with Gasteiger partial charge in [-0.3, -0.25) is 4.98 Å². The van der Waals surface area contributed by atoms with Crippen LogP contribution in [0.25, 0.3) is 0 Å². The molecule has 6 heteroatoms. The van der Waals surface area contributed by atoms with E-state index in [1.54, 1.807) is 24.3 Å². The quantitative estimate of drug-likeness (QED) is 0.919. The number of fused-ring (bicyclic) bond motifs is 1. The maximum Gasteiger partial charge on any atom is 0.317 e. The summed E-state index contributed by atoms with van der Waals surface area (Å²) in [5.74, 6) is 1.47. The van der Waals surface area contributed by atoms with Crippen molar-refractivity contribution in [1.29, 1.82) is 0 Å². The maximum absolute atomic E-state index is 12.1. The second-order valence-electron chi connectivity index (χ2n) is 5.37. The molecule has 1 aliphatic rings. The van der Waals surface area contributed by atoms with Crippen molar-refractivity contribution in [2.24, 2.45) is 0 Å². The first-order chi connectivity index (χ1) is 11.2. The smallest absolute Gasteiger partial charge is 0.317 e. The Bertz CT molecular complexity index is 676. The van der Waals surface area contributed by atoms with Gasteiger partial charge in [0, 0.05) is 32.5 Å². The van der Waals surface area contributed by atoms with Gasteiger partial charge >= 0.3 is 6.03 Å². The highest BCUT2D eigenvalue weighted by atomic mass is 16.7. The number of nitrogens with zero attached hydrogens (tertiary/aromatic N) is 2. The lowest BCUT2D eigenvalue weighted by molar-refractivity contribution is 0.174. The van der Waals surface area contributed by atoms with Crippen LogP contribution in [0, 0.1) is 0 Å². The molecule has 1 aromatic carbocycles. The summed E-state index contributed by atoms with van der Waals surface area (Å²) in [5, 5.41) is 2.90. The SMILES string of the molecule is CN(CCc1ccncc1)C(=O)NCc1ccc2c(c1)OCO2. The highest BCUT2D eigenvalue weighted by Gasteiger charge is 2.14. The Balaban J connectivity index is 1.47. The molecule has 0 saturated heterocycles. The number of carbonyl (C=O) groups excluding carboxylic acids is 1. The second-order valence-corrected chi connectivity index (χ2v) is 5.37. The average Bonchev–Trinajstić information content (AvgIpc) is 3.06. The largest absolute Gasteiger partial charge is 0.454 e. The van der Waals surface area contributed by atoms with Crippen LogP contribution < -0.4 is 14.8 Å². The monoisotopic (exact) mass is 313 g/mol. The zero-order chi connectivity index (χ0) is 16.1. The van der Waals surface area contributed by atoms with Crippen molar-refractivity contribution in [3.8, 4) is 11.5 Å². The van der Waals surface area contributed by atoms with Gasteiger partial charge in [-0.25, -0.2) is 4.79 Å².